The molecule has 1 aromatic carbocycles. The van der Waals surface area contributed by atoms with Crippen molar-refractivity contribution < 1.29 is 4.74 Å². The molecule has 0 saturated carbocycles. The molecule has 0 fully saturated rings. The van der Waals surface area contributed by atoms with Crippen LogP contribution in [-0.4, -0.2) is 17.6 Å². The number of nitrogens with two attached hydrogens (primary N) is 1. The summed E-state index contributed by atoms with van der Waals surface area (Å²) >= 11 is 0. The highest BCUT2D eigenvalue weighted by atomic mass is 16.5. The highest BCUT2D eigenvalue weighted by Gasteiger charge is 2.05. The Bertz CT molecular complexity index is 497. The zero-order valence-electron chi connectivity index (χ0n) is 11.3. The molecule has 2 rings (SSSR count). The highest BCUT2D eigenvalue weighted by Crippen LogP contribution is 2.19. The number of aromatic nitrogens is 1. The van der Waals surface area contributed by atoms with Crippen molar-refractivity contribution in [3.63, 3.8) is 0 Å². The lowest BCUT2D eigenvalue weighted by Gasteiger charge is -2.12. The molecular weight excluding hydrogens is 236 g/mol. The molecule has 19 heavy (non-hydrogen) atoms. The van der Waals surface area contributed by atoms with Crippen LogP contribution in [0, 0.1) is 0 Å². The van der Waals surface area contributed by atoms with Crippen molar-refractivity contribution in [3.8, 4) is 5.75 Å². The molecule has 1 atom stereocenters. The Morgan fingerprint density at radius 3 is 2.68 bits per heavy atom. The molecule has 1 unspecified atom stereocenters. The first kappa shape index (κ1) is 13.6. The van der Waals surface area contributed by atoms with Crippen LogP contribution < -0.4 is 10.5 Å². The van der Waals surface area contributed by atoms with E-state index in [1.54, 1.807) is 6.20 Å². The van der Waals surface area contributed by atoms with Crippen molar-refractivity contribution in [3.05, 3.63) is 59.9 Å². The predicted octanol–water partition coefficient (Wildman–Crippen LogP) is 2.59. The number of para-hydroxylation sites is 1. The van der Waals surface area contributed by atoms with Crippen molar-refractivity contribution in [2.24, 2.45) is 5.73 Å². The van der Waals surface area contributed by atoms with Gasteiger partial charge in [0.2, 0.25) is 0 Å². The van der Waals surface area contributed by atoms with E-state index in [0.717, 1.165) is 24.3 Å². The van der Waals surface area contributed by atoms with Gasteiger partial charge >= 0.3 is 0 Å². The normalized spacial score (nSPS) is 12.1. The molecule has 3 nitrogen and oxygen atoms in total. The van der Waals surface area contributed by atoms with Crippen molar-refractivity contribution in [2.75, 3.05) is 6.61 Å². The van der Waals surface area contributed by atoms with Gasteiger partial charge in [-0.05, 0) is 37.1 Å². The minimum atomic E-state index is 0.139. The maximum atomic E-state index is 5.85. The summed E-state index contributed by atoms with van der Waals surface area (Å²) in [6, 6.07) is 14.1. The summed E-state index contributed by atoms with van der Waals surface area (Å²) in [4.78, 5) is 4.28. The van der Waals surface area contributed by atoms with Gasteiger partial charge < -0.3 is 10.5 Å². The summed E-state index contributed by atoms with van der Waals surface area (Å²) in [5, 5.41) is 0. The first-order chi connectivity index (χ1) is 9.25. The molecule has 0 amide bonds. The van der Waals surface area contributed by atoms with E-state index in [2.05, 4.69) is 11.1 Å². The minimum absolute atomic E-state index is 0.139. The number of nitrogens with zero attached hydrogens (tertiary/aromatic N) is 1. The Kier molecular flexibility index (Phi) is 4.93. The van der Waals surface area contributed by atoms with Crippen LogP contribution in [0.3, 0.4) is 0 Å². The zero-order valence-corrected chi connectivity index (χ0v) is 11.3. The molecule has 0 aliphatic heterocycles. The Morgan fingerprint density at radius 1 is 1.16 bits per heavy atom. The number of hydrogen-bond donors (Lipinski definition) is 1. The maximum Gasteiger partial charge on any atom is 0.122 e. The smallest absolute Gasteiger partial charge is 0.122 e. The standard InChI is InChI=1S/C16H20N2O/c1-13(17)12-14-6-2-3-8-16(14)19-11-9-15-7-4-5-10-18-15/h2-8,10,13H,9,11-12,17H2,1H3. The summed E-state index contributed by atoms with van der Waals surface area (Å²) in [6.45, 7) is 2.64. The topological polar surface area (TPSA) is 48.1 Å². The van der Waals surface area contributed by atoms with E-state index in [0.29, 0.717) is 6.61 Å². The molecular formula is C16H20N2O. The van der Waals surface area contributed by atoms with E-state index in [1.165, 1.54) is 5.56 Å². The van der Waals surface area contributed by atoms with Gasteiger partial charge in [0.1, 0.15) is 5.75 Å². The fourth-order valence-electron chi connectivity index (χ4n) is 1.97. The number of benzene rings is 1. The summed E-state index contributed by atoms with van der Waals surface area (Å²) < 4.78 is 5.85. The molecule has 1 aromatic heterocycles. The van der Waals surface area contributed by atoms with Gasteiger partial charge in [-0.2, -0.15) is 0 Å². The lowest BCUT2D eigenvalue weighted by molar-refractivity contribution is 0.316. The van der Waals surface area contributed by atoms with Crippen LogP contribution in [0.5, 0.6) is 5.75 Å². The summed E-state index contributed by atoms with van der Waals surface area (Å²) in [6.07, 6.45) is 3.45. The summed E-state index contributed by atoms with van der Waals surface area (Å²) in [5.74, 6) is 0.927. The summed E-state index contributed by atoms with van der Waals surface area (Å²) in [5.41, 5.74) is 8.06. The van der Waals surface area contributed by atoms with Crippen molar-refractivity contribution in [1.82, 2.24) is 4.98 Å². The van der Waals surface area contributed by atoms with Gasteiger partial charge in [-0.15, -0.1) is 0 Å². The second-order valence-electron chi connectivity index (χ2n) is 4.71. The SMILES string of the molecule is CC(N)Cc1ccccc1OCCc1ccccn1. The van der Waals surface area contributed by atoms with Gasteiger partial charge in [-0.3, -0.25) is 4.98 Å². The Morgan fingerprint density at radius 2 is 1.95 bits per heavy atom. The zero-order chi connectivity index (χ0) is 13.5. The average molecular weight is 256 g/mol. The van der Waals surface area contributed by atoms with E-state index < -0.39 is 0 Å². The molecule has 0 aliphatic carbocycles. The Hall–Kier alpha value is -1.87. The van der Waals surface area contributed by atoms with Crippen LogP contribution >= 0.6 is 0 Å². The van der Waals surface area contributed by atoms with Gasteiger partial charge in [0.15, 0.2) is 0 Å². The number of ether oxygens (including phenoxy) is 1. The van der Waals surface area contributed by atoms with Crippen LogP contribution in [0.2, 0.25) is 0 Å². The fraction of sp³-hybridized carbons (Fsp3) is 0.312. The third-order valence-corrected chi connectivity index (χ3v) is 2.86. The molecule has 2 N–H and O–H groups in total. The van der Waals surface area contributed by atoms with Crippen molar-refractivity contribution >= 4 is 0 Å². The molecule has 0 spiro atoms. The Labute approximate surface area is 114 Å². The van der Waals surface area contributed by atoms with E-state index in [-0.39, 0.29) is 6.04 Å². The quantitative estimate of drug-likeness (QED) is 0.864. The van der Waals surface area contributed by atoms with E-state index >= 15 is 0 Å². The third kappa shape index (κ3) is 4.38. The molecule has 0 radical (unpaired) electrons. The van der Waals surface area contributed by atoms with Crippen LogP contribution in [-0.2, 0) is 12.8 Å². The summed E-state index contributed by atoms with van der Waals surface area (Å²) in [7, 11) is 0. The third-order valence-electron chi connectivity index (χ3n) is 2.86. The van der Waals surface area contributed by atoms with Crippen molar-refractivity contribution in [2.45, 2.75) is 25.8 Å². The van der Waals surface area contributed by atoms with Gasteiger partial charge in [0.25, 0.3) is 0 Å². The predicted molar refractivity (Wildman–Crippen MR) is 77.2 cm³/mol. The average Bonchev–Trinajstić information content (AvgIpc) is 2.41. The van der Waals surface area contributed by atoms with Gasteiger partial charge in [0.05, 0.1) is 6.61 Å². The number of rotatable bonds is 6. The van der Waals surface area contributed by atoms with Gasteiger partial charge in [-0.25, -0.2) is 0 Å². The minimum Gasteiger partial charge on any atom is -0.493 e. The Balaban J connectivity index is 1.92. The number of hydrogen-bond acceptors (Lipinski definition) is 3. The molecule has 0 saturated heterocycles. The van der Waals surface area contributed by atoms with Crippen LogP contribution in [0.1, 0.15) is 18.2 Å². The molecule has 0 aliphatic rings. The first-order valence-electron chi connectivity index (χ1n) is 6.62. The van der Waals surface area contributed by atoms with Crippen molar-refractivity contribution in [1.29, 1.82) is 0 Å². The second-order valence-corrected chi connectivity index (χ2v) is 4.71. The maximum absolute atomic E-state index is 5.85. The first-order valence-corrected chi connectivity index (χ1v) is 6.62. The van der Waals surface area contributed by atoms with Crippen LogP contribution in [0.15, 0.2) is 48.7 Å². The van der Waals surface area contributed by atoms with Crippen LogP contribution in [0.25, 0.3) is 0 Å². The molecule has 0 bridgehead atoms. The van der Waals surface area contributed by atoms with E-state index in [9.17, 15) is 0 Å². The van der Waals surface area contributed by atoms with E-state index in [1.807, 2.05) is 43.3 Å². The molecule has 1 heterocycles. The van der Waals surface area contributed by atoms with Crippen LogP contribution in [0.4, 0.5) is 0 Å². The van der Waals surface area contributed by atoms with E-state index in [4.69, 9.17) is 10.5 Å². The lowest BCUT2D eigenvalue weighted by Crippen LogP contribution is -2.18. The fourth-order valence-corrected chi connectivity index (χ4v) is 1.97. The molecule has 2 aromatic rings. The van der Waals surface area contributed by atoms with Gasteiger partial charge in [0, 0.05) is 24.4 Å². The highest BCUT2D eigenvalue weighted by molar-refractivity contribution is 5.33. The number of pyridine rings is 1. The lowest BCUT2D eigenvalue weighted by atomic mass is 10.1. The largest absolute Gasteiger partial charge is 0.493 e. The van der Waals surface area contributed by atoms with Gasteiger partial charge in [-0.1, -0.05) is 24.3 Å². The second kappa shape index (κ2) is 6.90. The monoisotopic (exact) mass is 256 g/mol. The molecule has 3 heteroatoms. The molecule has 100 valence electrons.